The molecule has 1 aromatic rings. The van der Waals surface area contributed by atoms with Crippen LogP contribution in [0.4, 0.5) is 10.5 Å². The Morgan fingerprint density at radius 2 is 1.39 bits per heavy atom. The van der Waals surface area contributed by atoms with Crippen LogP contribution in [-0.2, 0) is 40.0 Å². The number of primary amides is 1. The molecule has 7 amide bonds. The summed E-state index contributed by atoms with van der Waals surface area (Å²) in [5.74, 6) is -1.04. The molecule has 1 aliphatic rings. The van der Waals surface area contributed by atoms with Gasteiger partial charge in [-0.1, -0.05) is 56.0 Å². The summed E-state index contributed by atoms with van der Waals surface area (Å²) in [4.78, 5) is 83.3. The van der Waals surface area contributed by atoms with Gasteiger partial charge in [0, 0.05) is 31.2 Å². The van der Waals surface area contributed by atoms with Crippen molar-refractivity contribution in [3.8, 4) is 0 Å². The van der Waals surface area contributed by atoms with Crippen LogP contribution in [0.25, 0.3) is 0 Å². The number of aliphatic carboxylic acids is 1. The van der Waals surface area contributed by atoms with Crippen molar-refractivity contribution in [2.75, 3.05) is 24.5 Å². The number of anilines is 1. The summed E-state index contributed by atoms with van der Waals surface area (Å²) in [7, 11) is 1.95. The highest BCUT2D eigenvalue weighted by Gasteiger charge is 2.24. The molecule has 2 rings (SSSR count). The van der Waals surface area contributed by atoms with Crippen LogP contribution in [0.1, 0.15) is 59.9 Å². The Hall–Kier alpha value is -4.65. The first-order valence-electron chi connectivity index (χ1n) is 14.4. The molecule has 0 radical (unpaired) electrons. The highest BCUT2D eigenvalue weighted by atomic mass is 31.0. The number of nitrogens with one attached hydrogen (secondary N) is 4. The van der Waals surface area contributed by atoms with Crippen molar-refractivity contribution in [1.82, 2.24) is 21.3 Å². The van der Waals surface area contributed by atoms with Crippen molar-refractivity contribution in [1.29, 1.82) is 0 Å². The van der Waals surface area contributed by atoms with Gasteiger partial charge in [0.25, 0.3) is 11.8 Å². The molecule has 1 aromatic carbocycles. The molecule has 0 aliphatic carbocycles. The molecule has 2 unspecified atom stereocenters. The fourth-order valence-electron chi connectivity index (χ4n) is 2.53. The number of carbonyl (C=O) groups excluding carboxylic acids is 7. The van der Waals surface area contributed by atoms with Crippen LogP contribution in [0.5, 0.6) is 0 Å². The fraction of sp³-hybridized carbons (Fsp3) is 0.467. The molecule has 0 saturated carbocycles. The van der Waals surface area contributed by atoms with E-state index >= 15 is 0 Å². The summed E-state index contributed by atoms with van der Waals surface area (Å²) in [6.45, 7) is 12.4. The van der Waals surface area contributed by atoms with Gasteiger partial charge in [-0.15, -0.1) is 0 Å². The minimum Gasteiger partial charge on any atom is -0.481 e. The highest BCUT2D eigenvalue weighted by Crippen LogP contribution is 2.19. The number of imide groups is 1. The number of benzene rings is 1. The van der Waals surface area contributed by atoms with Crippen LogP contribution in [0.3, 0.4) is 0 Å². The first kappa shape index (κ1) is 45.8. The number of nitrogens with zero attached hydrogens (tertiary/aromatic N) is 1. The SMILES string of the molecule is CC(C)C(C)NC(=O)CNC=O.CCC(=O)O.CCCNC(N)=O.CCc1ccc(N2C(=O)C=CC2=O)cc1.O=CNCC(=O)P. The number of rotatable bonds is 13. The average molecular weight is 669 g/mol. The number of amides is 7. The Labute approximate surface area is 272 Å². The molecule has 0 fully saturated rings. The van der Waals surface area contributed by atoms with Crippen LogP contribution in [0.2, 0.25) is 0 Å². The van der Waals surface area contributed by atoms with E-state index in [2.05, 4.69) is 28.2 Å². The van der Waals surface area contributed by atoms with E-state index in [1.807, 2.05) is 49.1 Å². The zero-order chi connectivity index (χ0) is 36.1. The smallest absolute Gasteiger partial charge is 0.312 e. The molecule has 0 spiro atoms. The predicted octanol–water partition coefficient (Wildman–Crippen LogP) is 1.25. The molecule has 1 aliphatic heterocycles. The van der Waals surface area contributed by atoms with Gasteiger partial charge in [0.05, 0.1) is 18.8 Å². The van der Waals surface area contributed by atoms with Gasteiger partial charge in [0.2, 0.25) is 18.7 Å². The summed E-state index contributed by atoms with van der Waals surface area (Å²) in [5.41, 5.74) is 6.43. The molecule has 16 heteroatoms. The Morgan fingerprint density at radius 1 is 0.913 bits per heavy atom. The summed E-state index contributed by atoms with van der Waals surface area (Å²) >= 11 is 0. The minimum atomic E-state index is -0.745. The summed E-state index contributed by atoms with van der Waals surface area (Å²) in [6, 6.07) is 7.14. The maximum atomic E-state index is 11.4. The Morgan fingerprint density at radius 3 is 1.70 bits per heavy atom. The van der Waals surface area contributed by atoms with Crippen LogP contribution >= 0.6 is 9.24 Å². The Kier molecular flexibility index (Phi) is 28.9. The standard InChI is InChI=1S/C12H11NO2.C8H16N2O2.C4H10N2O.C3H6NO2P.C3H6O2/c1-2-9-3-5-10(6-4-9)13-11(14)7-8-12(13)15;1-6(2)7(3)10-8(12)4-9-5-11;1-2-3-6-4(5)7;5-2-4-1-3(6)7;1-2-3(4)5/h3-8H,2H2,1H3;5-7H,4H2,1-3H3,(H,9,11)(H,10,12);2-3H2,1H3,(H3,5,6,7);2H,1,7H2,(H,4,5);2H2,1H3,(H,4,5). The molecule has 46 heavy (non-hydrogen) atoms. The highest BCUT2D eigenvalue weighted by molar-refractivity contribution is 7.40. The first-order valence-corrected chi connectivity index (χ1v) is 15.0. The summed E-state index contributed by atoms with van der Waals surface area (Å²) in [6.07, 6.45) is 5.68. The molecular formula is C30H49N6O9P. The third-order valence-corrected chi connectivity index (χ3v) is 5.56. The van der Waals surface area contributed by atoms with Gasteiger partial charge in [-0.05, 0) is 43.4 Å². The van der Waals surface area contributed by atoms with E-state index < -0.39 is 12.0 Å². The van der Waals surface area contributed by atoms with Gasteiger partial charge in [0.1, 0.15) is 0 Å². The van der Waals surface area contributed by atoms with Crippen molar-refractivity contribution >= 4 is 63.0 Å². The third kappa shape index (κ3) is 26.9. The van der Waals surface area contributed by atoms with Crippen LogP contribution in [0.15, 0.2) is 36.4 Å². The number of aryl methyl sites for hydroxylation is 1. The fourth-order valence-corrected chi connectivity index (χ4v) is 2.65. The molecule has 2 atom stereocenters. The Balaban J connectivity index is -0.000000535. The molecule has 258 valence electrons. The van der Waals surface area contributed by atoms with Gasteiger partial charge in [-0.2, -0.15) is 0 Å². The zero-order valence-electron chi connectivity index (χ0n) is 27.3. The number of hydrogen-bond acceptors (Lipinski definition) is 8. The number of carboxylic acid groups (broad SMARTS) is 1. The monoisotopic (exact) mass is 668 g/mol. The number of hydrogen-bond donors (Lipinski definition) is 6. The molecular weight excluding hydrogens is 619 g/mol. The maximum absolute atomic E-state index is 11.4. The van der Waals surface area contributed by atoms with Crippen LogP contribution in [-0.4, -0.2) is 78.8 Å². The van der Waals surface area contributed by atoms with Gasteiger partial charge in [0.15, 0.2) is 5.52 Å². The second-order valence-electron chi connectivity index (χ2n) is 9.47. The van der Waals surface area contributed by atoms with Crippen molar-refractivity contribution < 1.29 is 43.5 Å². The second kappa shape index (κ2) is 29.1. The lowest BCUT2D eigenvalue weighted by molar-refractivity contribution is -0.136. The van der Waals surface area contributed by atoms with Crippen LogP contribution in [0, 0.1) is 5.92 Å². The number of carbonyl (C=O) groups is 8. The predicted molar refractivity (Wildman–Crippen MR) is 179 cm³/mol. The van der Waals surface area contributed by atoms with Gasteiger partial charge >= 0.3 is 12.0 Å². The first-order chi connectivity index (χ1) is 21.6. The van der Waals surface area contributed by atoms with Crippen molar-refractivity contribution in [3.63, 3.8) is 0 Å². The quantitative estimate of drug-likeness (QED) is 0.101. The van der Waals surface area contributed by atoms with Crippen molar-refractivity contribution in [3.05, 3.63) is 42.0 Å². The molecule has 15 nitrogen and oxygen atoms in total. The lowest BCUT2D eigenvalue weighted by atomic mass is 10.1. The second-order valence-corrected chi connectivity index (χ2v) is 10.1. The van der Waals surface area contributed by atoms with E-state index in [4.69, 9.17) is 10.8 Å². The van der Waals surface area contributed by atoms with E-state index in [9.17, 15) is 38.4 Å². The van der Waals surface area contributed by atoms with E-state index in [0.717, 1.165) is 12.8 Å². The van der Waals surface area contributed by atoms with Gasteiger partial charge < -0.3 is 32.1 Å². The Bertz CT molecular complexity index is 1110. The van der Waals surface area contributed by atoms with Crippen LogP contribution < -0.4 is 31.9 Å². The molecule has 0 aromatic heterocycles. The van der Waals surface area contributed by atoms with Crippen molar-refractivity contribution in [2.24, 2.45) is 11.7 Å². The molecule has 0 bridgehead atoms. The number of urea groups is 1. The maximum Gasteiger partial charge on any atom is 0.312 e. The number of nitrogens with two attached hydrogens (primary N) is 1. The topological polar surface area (TPSA) is 234 Å². The summed E-state index contributed by atoms with van der Waals surface area (Å²) in [5, 5.41) is 17.4. The largest absolute Gasteiger partial charge is 0.481 e. The molecule has 0 saturated heterocycles. The van der Waals surface area contributed by atoms with Gasteiger partial charge in [-0.25, -0.2) is 9.69 Å². The van der Waals surface area contributed by atoms with E-state index in [0.29, 0.717) is 31.0 Å². The normalized spacial score (nSPS) is 11.3. The van der Waals surface area contributed by atoms with Crippen molar-refractivity contribution in [2.45, 2.75) is 66.8 Å². The van der Waals surface area contributed by atoms with Gasteiger partial charge in [-0.3, -0.25) is 33.6 Å². The third-order valence-electron chi connectivity index (χ3n) is 5.36. The minimum absolute atomic E-state index is 0.0561. The lowest BCUT2D eigenvalue weighted by Crippen LogP contribution is -2.41. The van der Waals surface area contributed by atoms with E-state index in [1.165, 1.54) is 22.6 Å². The average Bonchev–Trinajstić information content (AvgIpc) is 3.36. The molecule has 1 heterocycles. The molecule has 7 N–H and O–H groups in total. The van der Waals surface area contributed by atoms with E-state index in [1.54, 1.807) is 19.1 Å². The lowest BCUT2D eigenvalue weighted by Gasteiger charge is -2.16. The summed E-state index contributed by atoms with van der Waals surface area (Å²) < 4.78 is 0. The number of carboxylic acids is 1. The zero-order valence-corrected chi connectivity index (χ0v) is 28.5. The van der Waals surface area contributed by atoms with E-state index in [-0.39, 0.29) is 48.8 Å².